The molecule has 0 bridgehead atoms. The molecule has 0 saturated heterocycles. The van der Waals surface area contributed by atoms with Gasteiger partial charge in [-0.25, -0.2) is 5.43 Å². The zero-order valence-corrected chi connectivity index (χ0v) is 9.81. The van der Waals surface area contributed by atoms with Crippen LogP contribution in [0.3, 0.4) is 0 Å². The van der Waals surface area contributed by atoms with Crippen molar-refractivity contribution >= 4 is 23.7 Å². The largest absolute Gasteiger partial charge is 0.285 e. The maximum absolute atomic E-state index is 11.6. The van der Waals surface area contributed by atoms with Crippen LogP contribution in [0.4, 0.5) is 0 Å². The number of hydrogen-bond donors (Lipinski definition) is 1. The lowest BCUT2D eigenvalue weighted by Crippen LogP contribution is -2.17. The Labute approximate surface area is 102 Å². The highest BCUT2D eigenvalue weighted by Crippen LogP contribution is 2.08. The number of amides is 1. The molecule has 1 N–H and O–H groups in total. The normalized spacial score (nSPS) is 10.6. The van der Waals surface area contributed by atoms with E-state index < -0.39 is 0 Å². The van der Waals surface area contributed by atoms with Crippen molar-refractivity contribution in [3.63, 3.8) is 0 Å². The molecule has 17 heavy (non-hydrogen) atoms. The molecule has 2 heterocycles. The van der Waals surface area contributed by atoms with Gasteiger partial charge in [0.1, 0.15) is 4.88 Å². The SMILES string of the molecule is Cc1nnsc1C(=O)NN=Cc1ccncc1. The predicted octanol–water partition coefficient (Wildman–Crippen LogP) is 1.01. The molecule has 0 aliphatic heterocycles. The summed E-state index contributed by atoms with van der Waals surface area (Å²) >= 11 is 1.05. The van der Waals surface area contributed by atoms with E-state index in [9.17, 15) is 4.79 Å². The molecule has 0 atom stereocenters. The first kappa shape index (κ1) is 11.3. The zero-order chi connectivity index (χ0) is 12.1. The third-order valence-electron chi connectivity index (χ3n) is 1.94. The van der Waals surface area contributed by atoms with Crippen molar-refractivity contribution in [3.8, 4) is 0 Å². The molecule has 0 radical (unpaired) electrons. The number of nitrogens with one attached hydrogen (secondary N) is 1. The van der Waals surface area contributed by atoms with Crippen molar-refractivity contribution in [2.24, 2.45) is 5.10 Å². The van der Waals surface area contributed by atoms with E-state index in [0.717, 1.165) is 17.1 Å². The van der Waals surface area contributed by atoms with Crippen LogP contribution in [0.25, 0.3) is 0 Å². The zero-order valence-electron chi connectivity index (χ0n) is 8.99. The third-order valence-corrected chi connectivity index (χ3v) is 2.77. The fourth-order valence-corrected chi connectivity index (χ4v) is 1.65. The summed E-state index contributed by atoms with van der Waals surface area (Å²) in [6, 6.07) is 3.57. The average molecular weight is 247 g/mol. The van der Waals surface area contributed by atoms with Gasteiger partial charge in [-0.05, 0) is 36.2 Å². The van der Waals surface area contributed by atoms with E-state index in [1.165, 1.54) is 0 Å². The van der Waals surface area contributed by atoms with Crippen LogP contribution in [0.15, 0.2) is 29.6 Å². The Morgan fingerprint density at radius 2 is 2.24 bits per heavy atom. The Bertz CT molecular complexity index is 537. The molecule has 0 aliphatic carbocycles. The van der Waals surface area contributed by atoms with Crippen molar-refractivity contribution in [2.75, 3.05) is 0 Å². The first-order valence-electron chi connectivity index (χ1n) is 4.80. The molecule has 86 valence electrons. The van der Waals surface area contributed by atoms with Crippen molar-refractivity contribution in [3.05, 3.63) is 40.7 Å². The monoisotopic (exact) mass is 247 g/mol. The Kier molecular flexibility index (Phi) is 3.51. The summed E-state index contributed by atoms with van der Waals surface area (Å²) < 4.78 is 3.68. The van der Waals surface area contributed by atoms with Crippen LogP contribution in [-0.2, 0) is 0 Å². The van der Waals surface area contributed by atoms with Gasteiger partial charge >= 0.3 is 0 Å². The molecular weight excluding hydrogens is 238 g/mol. The van der Waals surface area contributed by atoms with E-state index in [2.05, 4.69) is 25.1 Å². The highest BCUT2D eigenvalue weighted by molar-refractivity contribution is 7.07. The lowest BCUT2D eigenvalue weighted by atomic mass is 10.3. The van der Waals surface area contributed by atoms with Crippen LogP contribution >= 0.6 is 11.5 Å². The van der Waals surface area contributed by atoms with Gasteiger partial charge in [-0.3, -0.25) is 9.78 Å². The summed E-state index contributed by atoms with van der Waals surface area (Å²) in [4.78, 5) is 16.0. The molecule has 0 aliphatic rings. The smallest absolute Gasteiger partial charge is 0.266 e. The standard InChI is InChI=1S/C10H9N5OS/c1-7-9(17-15-13-7)10(16)14-12-6-8-2-4-11-5-3-8/h2-6H,1H3,(H,14,16). The van der Waals surface area contributed by atoms with E-state index in [-0.39, 0.29) is 5.91 Å². The Hall–Kier alpha value is -2.15. The van der Waals surface area contributed by atoms with Crippen LogP contribution in [0, 0.1) is 6.92 Å². The summed E-state index contributed by atoms with van der Waals surface area (Å²) in [6.45, 7) is 1.73. The number of hydrogen-bond acceptors (Lipinski definition) is 6. The van der Waals surface area contributed by atoms with Crippen LogP contribution in [-0.4, -0.2) is 26.7 Å². The lowest BCUT2D eigenvalue weighted by molar-refractivity contribution is 0.0958. The number of carbonyl (C=O) groups is 1. The minimum absolute atomic E-state index is 0.303. The average Bonchev–Trinajstić information content (AvgIpc) is 2.77. The number of aryl methyl sites for hydroxylation is 1. The number of rotatable bonds is 3. The summed E-state index contributed by atoms with van der Waals surface area (Å²) in [6.07, 6.45) is 4.85. The van der Waals surface area contributed by atoms with Gasteiger partial charge in [-0.2, -0.15) is 5.10 Å². The molecule has 7 heteroatoms. The van der Waals surface area contributed by atoms with Crippen LogP contribution < -0.4 is 5.43 Å². The molecule has 2 aromatic rings. The number of carbonyl (C=O) groups excluding carboxylic acids is 1. The predicted molar refractivity (Wildman–Crippen MR) is 63.9 cm³/mol. The lowest BCUT2D eigenvalue weighted by Gasteiger charge is -1.95. The van der Waals surface area contributed by atoms with E-state index in [4.69, 9.17) is 0 Å². The molecule has 0 spiro atoms. The van der Waals surface area contributed by atoms with Crippen LogP contribution in [0.5, 0.6) is 0 Å². The Balaban J connectivity index is 1.98. The van der Waals surface area contributed by atoms with Gasteiger partial charge in [0, 0.05) is 12.4 Å². The molecule has 0 aromatic carbocycles. The van der Waals surface area contributed by atoms with Gasteiger partial charge < -0.3 is 0 Å². The number of hydrazone groups is 1. The third kappa shape index (κ3) is 2.91. The first-order valence-corrected chi connectivity index (χ1v) is 5.57. The number of aromatic nitrogens is 3. The maximum atomic E-state index is 11.6. The van der Waals surface area contributed by atoms with Gasteiger partial charge in [0.2, 0.25) is 0 Å². The van der Waals surface area contributed by atoms with Gasteiger partial charge in [-0.15, -0.1) is 5.10 Å². The highest BCUT2D eigenvalue weighted by atomic mass is 32.1. The molecule has 6 nitrogen and oxygen atoms in total. The first-order chi connectivity index (χ1) is 8.27. The van der Waals surface area contributed by atoms with E-state index in [1.807, 2.05) is 0 Å². The van der Waals surface area contributed by atoms with Crippen molar-refractivity contribution < 1.29 is 4.79 Å². The maximum Gasteiger partial charge on any atom is 0.285 e. The second-order valence-corrected chi connectivity index (χ2v) is 3.92. The minimum atomic E-state index is -0.303. The second-order valence-electron chi connectivity index (χ2n) is 3.17. The highest BCUT2D eigenvalue weighted by Gasteiger charge is 2.11. The van der Waals surface area contributed by atoms with Gasteiger partial charge in [0.25, 0.3) is 5.91 Å². The van der Waals surface area contributed by atoms with E-state index in [1.54, 1.807) is 37.7 Å². The van der Waals surface area contributed by atoms with Crippen LogP contribution in [0.1, 0.15) is 20.9 Å². The van der Waals surface area contributed by atoms with E-state index >= 15 is 0 Å². The molecule has 0 fully saturated rings. The summed E-state index contributed by atoms with van der Waals surface area (Å²) in [5, 5.41) is 7.59. The minimum Gasteiger partial charge on any atom is -0.266 e. The molecule has 2 aromatic heterocycles. The number of nitrogens with zero attached hydrogens (tertiary/aromatic N) is 4. The van der Waals surface area contributed by atoms with Crippen molar-refractivity contribution in [1.29, 1.82) is 0 Å². The molecular formula is C10H9N5OS. The summed E-state index contributed by atoms with van der Waals surface area (Å²) in [5.41, 5.74) is 3.88. The fraction of sp³-hybridized carbons (Fsp3) is 0.100. The molecule has 2 rings (SSSR count). The molecule has 0 saturated carbocycles. The molecule has 0 unspecified atom stereocenters. The van der Waals surface area contributed by atoms with E-state index in [0.29, 0.717) is 10.6 Å². The summed E-state index contributed by atoms with van der Waals surface area (Å²) in [7, 11) is 0. The Morgan fingerprint density at radius 1 is 1.47 bits per heavy atom. The Morgan fingerprint density at radius 3 is 2.88 bits per heavy atom. The van der Waals surface area contributed by atoms with Crippen LogP contribution in [0.2, 0.25) is 0 Å². The second kappa shape index (κ2) is 5.26. The van der Waals surface area contributed by atoms with Crippen molar-refractivity contribution in [2.45, 2.75) is 6.92 Å². The number of pyridine rings is 1. The molecule has 1 amide bonds. The summed E-state index contributed by atoms with van der Waals surface area (Å²) in [5.74, 6) is -0.303. The fourth-order valence-electron chi connectivity index (χ4n) is 1.11. The van der Waals surface area contributed by atoms with Crippen molar-refractivity contribution in [1.82, 2.24) is 20.0 Å². The quantitative estimate of drug-likeness (QED) is 0.648. The topological polar surface area (TPSA) is 80.1 Å². The van der Waals surface area contributed by atoms with Gasteiger partial charge in [0.15, 0.2) is 0 Å². The van der Waals surface area contributed by atoms with Gasteiger partial charge in [0.05, 0.1) is 11.9 Å². The van der Waals surface area contributed by atoms with Gasteiger partial charge in [-0.1, -0.05) is 4.49 Å².